The molecule has 2 aromatic rings. The quantitative estimate of drug-likeness (QED) is 0.806. The molecule has 0 bridgehead atoms. The zero-order valence-electron chi connectivity index (χ0n) is 17.1. The van der Waals surface area contributed by atoms with E-state index >= 15 is 0 Å². The lowest BCUT2D eigenvalue weighted by atomic mass is 9.92. The van der Waals surface area contributed by atoms with Crippen LogP contribution in [0.25, 0.3) is 0 Å². The average Bonchev–Trinajstić information content (AvgIpc) is 3.30. The smallest absolute Gasteiger partial charge is 0.257 e. The first-order valence-corrected chi connectivity index (χ1v) is 11.2. The number of anilines is 2. The molecule has 7 heteroatoms. The molecule has 3 heterocycles. The number of nitrogens with zero attached hydrogens (tertiary/aromatic N) is 3. The number of nitrogens with one attached hydrogen (secondary N) is 1. The van der Waals surface area contributed by atoms with Crippen molar-refractivity contribution in [2.75, 3.05) is 29.9 Å². The van der Waals surface area contributed by atoms with Crippen LogP contribution in [0.4, 0.5) is 10.8 Å². The first-order chi connectivity index (χ1) is 14.0. The summed E-state index contributed by atoms with van der Waals surface area (Å²) in [5.74, 6) is 1.41. The van der Waals surface area contributed by atoms with Crippen LogP contribution >= 0.6 is 11.3 Å². The minimum atomic E-state index is -0.176. The van der Waals surface area contributed by atoms with Gasteiger partial charge in [-0.15, -0.1) is 11.3 Å². The lowest BCUT2D eigenvalue weighted by Crippen LogP contribution is -2.38. The lowest BCUT2D eigenvalue weighted by molar-refractivity contribution is -0.117. The standard InChI is InChI=1S/C22H28N4O2S/c1-15-10-16(2)12-25(11-15)13-18-14-29-22(23-18)24-21(28)17-5-7-19(8-6-17)26-9-3-4-20(26)27/h5-8,14-16H,3-4,9-13H2,1-2H3,(H,23,24,28). The second kappa shape index (κ2) is 8.63. The lowest BCUT2D eigenvalue weighted by Gasteiger charge is -2.34. The van der Waals surface area contributed by atoms with Gasteiger partial charge in [-0.1, -0.05) is 13.8 Å². The first-order valence-electron chi connectivity index (χ1n) is 10.4. The van der Waals surface area contributed by atoms with Crippen molar-refractivity contribution in [3.05, 3.63) is 40.9 Å². The molecule has 1 aromatic carbocycles. The van der Waals surface area contributed by atoms with E-state index in [1.165, 1.54) is 17.8 Å². The van der Waals surface area contributed by atoms with Gasteiger partial charge in [0.2, 0.25) is 5.91 Å². The average molecular weight is 413 g/mol. The number of hydrogen-bond acceptors (Lipinski definition) is 5. The van der Waals surface area contributed by atoms with E-state index in [-0.39, 0.29) is 11.8 Å². The number of likely N-dealkylation sites (tertiary alicyclic amines) is 1. The van der Waals surface area contributed by atoms with Crippen molar-refractivity contribution in [2.24, 2.45) is 11.8 Å². The van der Waals surface area contributed by atoms with Crippen LogP contribution in [0.3, 0.4) is 0 Å². The Bertz CT molecular complexity index is 869. The fourth-order valence-electron chi connectivity index (χ4n) is 4.47. The number of benzene rings is 1. The zero-order valence-corrected chi connectivity index (χ0v) is 17.9. The number of hydrogen-bond donors (Lipinski definition) is 1. The van der Waals surface area contributed by atoms with Crippen molar-refractivity contribution in [3.8, 4) is 0 Å². The van der Waals surface area contributed by atoms with Gasteiger partial charge < -0.3 is 4.90 Å². The van der Waals surface area contributed by atoms with Crippen LogP contribution in [0, 0.1) is 11.8 Å². The molecule has 0 saturated carbocycles. The van der Waals surface area contributed by atoms with E-state index in [1.54, 1.807) is 17.0 Å². The Morgan fingerprint density at radius 2 is 1.93 bits per heavy atom. The summed E-state index contributed by atoms with van der Waals surface area (Å²) in [7, 11) is 0. The van der Waals surface area contributed by atoms with Crippen LogP contribution in [-0.4, -0.2) is 41.3 Å². The molecular formula is C22H28N4O2S. The van der Waals surface area contributed by atoms with Gasteiger partial charge in [-0.25, -0.2) is 4.98 Å². The van der Waals surface area contributed by atoms with Crippen molar-refractivity contribution >= 4 is 34.0 Å². The van der Waals surface area contributed by atoms with Gasteiger partial charge in [0, 0.05) is 49.2 Å². The monoisotopic (exact) mass is 412 g/mol. The van der Waals surface area contributed by atoms with E-state index in [4.69, 9.17) is 0 Å². The molecule has 1 N–H and O–H groups in total. The molecule has 29 heavy (non-hydrogen) atoms. The highest BCUT2D eigenvalue weighted by atomic mass is 32.1. The molecule has 0 radical (unpaired) electrons. The third-order valence-electron chi connectivity index (χ3n) is 5.62. The van der Waals surface area contributed by atoms with E-state index < -0.39 is 0 Å². The number of piperidine rings is 1. The molecule has 6 nitrogen and oxygen atoms in total. The minimum absolute atomic E-state index is 0.148. The Morgan fingerprint density at radius 1 is 1.21 bits per heavy atom. The molecule has 0 spiro atoms. The van der Waals surface area contributed by atoms with Crippen LogP contribution < -0.4 is 10.2 Å². The third-order valence-corrected chi connectivity index (χ3v) is 6.42. The van der Waals surface area contributed by atoms with E-state index in [2.05, 4.69) is 29.0 Å². The molecule has 0 aliphatic carbocycles. The van der Waals surface area contributed by atoms with Gasteiger partial charge in [0.05, 0.1) is 5.69 Å². The Balaban J connectivity index is 1.34. The van der Waals surface area contributed by atoms with Crippen LogP contribution in [-0.2, 0) is 11.3 Å². The van der Waals surface area contributed by atoms with Crippen molar-refractivity contribution in [3.63, 3.8) is 0 Å². The summed E-state index contributed by atoms with van der Waals surface area (Å²) in [5.41, 5.74) is 2.43. The predicted molar refractivity (Wildman–Crippen MR) is 116 cm³/mol. The molecule has 4 rings (SSSR count). The Hall–Kier alpha value is -2.25. The van der Waals surface area contributed by atoms with E-state index in [0.717, 1.165) is 55.8 Å². The summed E-state index contributed by atoms with van der Waals surface area (Å²) < 4.78 is 0. The summed E-state index contributed by atoms with van der Waals surface area (Å²) >= 11 is 1.46. The van der Waals surface area contributed by atoms with Crippen LogP contribution in [0.5, 0.6) is 0 Å². The maximum atomic E-state index is 12.6. The number of rotatable bonds is 5. The zero-order chi connectivity index (χ0) is 20.4. The molecule has 2 amide bonds. The van der Waals surface area contributed by atoms with Gasteiger partial charge in [-0.2, -0.15) is 0 Å². The van der Waals surface area contributed by atoms with Crippen molar-refractivity contribution in [1.82, 2.24) is 9.88 Å². The highest BCUT2D eigenvalue weighted by molar-refractivity contribution is 7.14. The topological polar surface area (TPSA) is 65.5 Å². The maximum Gasteiger partial charge on any atom is 0.257 e. The SMILES string of the molecule is CC1CC(C)CN(Cc2csc(NC(=O)c3ccc(N4CCCC4=O)cc3)n2)C1. The molecule has 2 aliphatic rings. The van der Waals surface area contributed by atoms with Crippen LogP contribution in [0.1, 0.15) is 49.2 Å². The van der Waals surface area contributed by atoms with Crippen molar-refractivity contribution in [1.29, 1.82) is 0 Å². The maximum absolute atomic E-state index is 12.6. The number of carbonyl (C=O) groups is 2. The first kappa shape index (κ1) is 20.0. The largest absolute Gasteiger partial charge is 0.312 e. The Labute approximate surface area is 175 Å². The summed E-state index contributed by atoms with van der Waals surface area (Å²) in [5, 5.41) is 5.56. The fraction of sp³-hybridized carbons (Fsp3) is 0.500. The third kappa shape index (κ3) is 4.85. The van der Waals surface area contributed by atoms with Gasteiger partial charge in [0.15, 0.2) is 5.13 Å². The molecule has 1 aromatic heterocycles. The van der Waals surface area contributed by atoms with Gasteiger partial charge in [-0.05, 0) is 48.9 Å². The van der Waals surface area contributed by atoms with Crippen molar-refractivity contribution < 1.29 is 9.59 Å². The molecule has 2 saturated heterocycles. The summed E-state index contributed by atoms with van der Waals surface area (Å²) in [6.45, 7) is 8.41. The van der Waals surface area contributed by atoms with E-state index in [9.17, 15) is 9.59 Å². The number of aromatic nitrogens is 1. The molecule has 2 fully saturated rings. The second-order valence-corrected chi connectivity index (χ2v) is 9.29. The van der Waals surface area contributed by atoms with E-state index in [0.29, 0.717) is 17.1 Å². The van der Waals surface area contributed by atoms with Crippen LogP contribution in [0.2, 0.25) is 0 Å². The number of carbonyl (C=O) groups excluding carboxylic acids is 2. The summed E-state index contributed by atoms with van der Waals surface area (Å²) in [6.07, 6.45) is 2.78. The Kier molecular flexibility index (Phi) is 5.96. The second-order valence-electron chi connectivity index (χ2n) is 8.43. The summed E-state index contributed by atoms with van der Waals surface area (Å²) in [6, 6.07) is 7.21. The summed E-state index contributed by atoms with van der Waals surface area (Å²) in [4.78, 5) is 33.2. The van der Waals surface area contributed by atoms with Gasteiger partial charge in [0.1, 0.15) is 0 Å². The molecular weight excluding hydrogens is 384 g/mol. The van der Waals surface area contributed by atoms with Crippen molar-refractivity contribution in [2.45, 2.75) is 39.7 Å². The highest BCUT2D eigenvalue weighted by Crippen LogP contribution is 2.25. The van der Waals surface area contributed by atoms with Crippen LogP contribution in [0.15, 0.2) is 29.6 Å². The molecule has 154 valence electrons. The minimum Gasteiger partial charge on any atom is -0.312 e. The van der Waals surface area contributed by atoms with E-state index in [1.807, 2.05) is 17.5 Å². The Morgan fingerprint density at radius 3 is 2.59 bits per heavy atom. The number of amides is 2. The predicted octanol–water partition coefficient (Wildman–Crippen LogP) is 4.00. The molecule has 2 atom stereocenters. The fourth-order valence-corrected chi connectivity index (χ4v) is 5.17. The number of thiazole rings is 1. The van der Waals surface area contributed by atoms with Gasteiger partial charge in [0.25, 0.3) is 5.91 Å². The highest BCUT2D eigenvalue weighted by Gasteiger charge is 2.23. The molecule has 2 aliphatic heterocycles. The molecule has 2 unspecified atom stereocenters. The van der Waals surface area contributed by atoms with Gasteiger partial charge in [-0.3, -0.25) is 19.8 Å². The van der Waals surface area contributed by atoms with Gasteiger partial charge >= 0.3 is 0 Å². The normalized spacial score (nSPS) is 22.8.